The van der Waals surface area contributed by atoms with Crippen LogP contribution in [0.2, 0.25) is 0 Å². The molecule has 0 unspecified atom stereocenters. The number of aromatic hydroxyl groups is 2. The number of carboxylic acids is 2. The third-order valence-electron chi connectivity index (χ3n) is 15.3. The molecule has 2 saturated heterocycles. The lowest BCUT2D eigenvalue weighted by Crippen LogP contribution is -2.61. The van der Waals surface area contributed by atoms with Crippen LogP contribution in [0.15, 0.2) is 96.5 Å². The zero-order chi connectivity index (χ0) is 54.7. The number of aliphatic hydroxyl groups is 10. The maximum Gasteiger partial charge on any atom is 0.335 e. The highest BCUT2D eigenvalue weighted by atomic mass is 16.8. The molecule has 2 aromatic rings. The van der Waals surface area contributed by atoms with Crippen LogP contribution in [0.4, 0.5) is 0 Å². The third kappa shape index (κ3) is 9.83. The van der Waals surface area contributed by atoms with E-state index >= 15 is 0 Å². The smallest absolute Gasteiger partial charge is 0.335 e. The Kier molecular flexibility index (Phi) is 15.4. The second kappa shape index (κ2) is 21.4. The molecule has 0 amide bonds. The van der Waals surface area contributed by atoms with E-state index in [0.29, 0.717) is 0 Å². The molecule has 76 heavy (non-hydrogen) atoms. The van der Waals surface area contributed by atoms with E-state index in [-0.39, 0.29) is 33.8 Å². The minimum atomic E-state index is -2.32. The van der Waals surface area contributed by atoms with Crippen molar-refractivity contribution in [2.75, 3.05) is 26.4 Å². The van der Waals surface area contributed by atoms with E-state index in [9.17, 15) is 90.7 Å². The molecule has 3 aliphatic carbocycles. The lowest BCUT2D eigenvalue weighted by Gasteiger charge is -2.50. The molecule has 26 nitrogen and oxygen atoms in total. The highest BCUT2D eigenvalue weighted by Crippen LogP contribution is 2.59. The first-order valence-corrected chi connectivity index (χ1v) is 24.0. The van der Waals surface area contributed by atoms with Gasteiger partial charge in [-0.15, -0.1) is 0 Å². The van der Waals surface area contributed by atoms with Crippen LogP contribution in [-0.2, 0) is 57.1 Å². The third-order valence-corrected chi connectivity index (χ3v) is 15.3. The van der Waals surface area contributed by atoms with Crippen LogP contribution in [0.1, 0.15) is 23.0 Å². The topological polar surface area (TPSA) is 425 Å². The number of carbonyl (C=O) groups is 4. The Morgan fingerprint density at radius 3 is 1.20 bits per heavy atom. The van der Waals surface area contributed by atoms with Crippen molar-refractivity contribution in [3.63, 3.8) is 0 Å². The summed E-state index contributed by atoms with van der Waals surface area (Å²) < 4.78 is 45.6. The molecule has 412 valence electrons. The van der Waals surface area contributed by atoms with Crippen molar-refractivity contribution in [1.82, 2.24) is 0 Å². The average molecular weight is 1070 g/mol. The first-order chi connectivity index (χ1) is 36.1. The Morgan fingerprint density at radius 2 is 0.868 bits per heavy atom. The van der Waals surface area contributed by atoms with Crippen molar-refractivity contribution in [3.05, 3.63) is 108 Å². The summed E-state index contributed by atoms with van der Waals surface area (Å²) in [6.07, 6.45) is -14.5. The molecule has 4 aliphatic heterocycles. The van der Waals surface area contributed by atoms with Crippen LogP contribution in [0.3, 0.4) is 0 Å². The van der Waals surface area contributed by atoms with Crippen LogP contribution in [0.5, 0.6) is 11.5 Å². The number of ether oxygens (including phenoxy) is 8. The van der Waals surface area contributed by atoms with Crippen LogP contribution in [0, 0.1) is 35.5 Å². The van der Waals surface area contributed by atoms with E-state index in [2.05, 4.69) is 0 Å². The largest absolute Gasteiger partial charge is 0.508 e. The highest BCUT2D eigenvalue weighted by Gasteiger charge is 2.63. The number of rotatable bonds is 16. The molecule has 2 aromatic carbocycles. The van der Waals surface area contributed by atoms with Gasteiger partial charge in [-0.1, -0.05) is 48.6 Å². The Labute approximate surface area is 429 Å². The highest BCUT2D eigenvalue weighted by molar-refractivity contribution is 5.89. The second-order valence-electron chi connectivity index (χ2n) is 19.7. The monoisotopic (exact) mass is 1070 g/mol. The number of esters is 2. The van der Waals surface area contributed by atoms with E-state index in [0.717, 1.165) is 24.7 Å². The maximum atomic E-state index is 14.8. The molecule has 18 atom stereocenters. The average Bonchev–Trinajstić information content (AvgIpc) is 3.93. The van der Waals surface area contributed by atoms with Gasteiger partial charge in [0.1, 0.15) is 84.7 Å². The number of phenols is 2. The minimum absolute atomic E-state index is 0.194. The Morgan fingerprint density at radius 1 is 0.513 bits per heavy atom. The fraction of sp³-hybridized carbons (Fsp3) is 0.520. The Bertz CT molecular complexity index is 2430. The van der Waals surface area contributed by atoms with Gasteiger partial charge in [-0.05, 0) is 35.4 Å². The quantitative estimate of drug-likeness (QED) is 0.0577. The van der Waals surface area contributed by atoms with E-state index in [1.54, 1.807) is 0 Å². The number of allylic oxidation sites excluding steroid dienone is 2. The summed E-state index contributed by atoms with van der Waals surface area (Å²) in [4.78, 5) is 54.3. The Hall–Kier alpha value is -6.08. The minimum Gasteiger partial charge on any atom is -0.508 e. The van der Waals surface area contributed by atoms with Gasteiger partial charge in [0, 0.05) is 23.7 Å². The summed E-state index contributed by atoms with van der Waals surface area (Å²) in [5.41, 5.74) is -4.79. The van der Waals surface area contributed by atoms with Gasteiger partial charge in [0.2, 0.25) is 12.6 Å². The number of hydrogen-bond acceptors (Lipinski definition) is 24. The number of phenolic OH excluding ortho intramolecular Hbond substituents is 2. The summed E-state index contributed by atoms with van der Waals surface area (Å²) in [7, 11) is 0. The van der Waals surface area contributed by atoms with Gasteiger partial charge in [0.25, 0.3) is 0 Å². The molecule has 7 aliphatic rings. The van der Waals surface area contributed by atoms with Gasteiger partial charge in [0.05, 0.1) is 60.6 Å². The maximum absolute atomic E-state index is 14.8. The molecule has 26 heteroatoms. The normalized spacial score (nSPS) is 41.2. The van der Waals surface area contributed by atoms with Gasteiger partial charge in [-0.2, -0.15) is 0 Å². The number of hydrogen-bond donors (Lipinski definition) is 14. The van der Waals surface area contributed by atoms with Gasteiger partial charge < -0.3 is 109 Å². The molecular formula is C50H56O26. The van der Waals surface area contributed by atoms with Crippen molar-refractivity contribution < 1.29 is 129 Å². The SMILES string of the molecule is O=C(O)C1=CO[C@@H](O[C@@H]2O[C@H](CO)[C@@H](O)[C@H](O)[C@H]2O)[C@H]2[C@@H]1C=C[C@]2(O)COC(=O)C1C(c2ccc(O)cc2)C(C(=O)OC[C@@]2(O)C=C[C@@H]3C(C(=O)O)=CO[C@@H](O[C@@H]4O[C@H](CO)[C@@H](O)[C@H](O)[C@H]4O)[C@@H]32)C1c1ccc(O)cc1. The van der Waals surface area contributed by atoms with Crippen molar-refractivity contribution in [2.24, 2.45) is 35.5 Å². The van der Waals surface area contributed by atoms with Crippen molar-refractivity contribution in [1.29, 1.82) is 0 Å². The Balaban J connectivity index is 0.983. The molecule has 0 radical (unpaired) electrons. The lowest BCUT2D eigenvalue weighted by atomic mass is 9.52. The van der Waals surface area contributed by atoms with Crippen LogP contribution in [-0.4, -0.2) is 207 Å². The molecule has 1 saturated carbocycles. The summed E-state index contributed by atoms with van der Waals surface area (Å²) in [6.45, 7) is -3.49. The standard InChI is InChI=1S/C50H56O26/c51-13-27-35(55)37(57)39(59)47(73-27)75-45-33-23(25(15-69-45)41(61)62)9-11-49(33,67)17-71-43(65)31-29(19-1-5-21(53)6-2-19)32(30(31)20-3-7-22(54)8-4-20)44(66)72-18-50(68)12-10-24-26(42(63)64)16-70-46(34(24)50)76-48-40(60)38(58)36(56)28(14-52)74-48/h1-12,15-16,23-24,27-40,45-48,51-60,67-68H,13-14,17-18H2,(H,61,62)(H,63,64)/t23-,24-,27-,28-,29?,30?,31?,32?,33-,34-,35-,36-,37+,38+,39-,40-,45+,46+,47+,48+,49+,50+/m1/s1. The molecular weight excluding hydrogens is 1020 g/mol. The zero-order valence-electron chi connectivity index (χ0n) is 39.6. The molecule has 0 bridgehead atoms. The van der Waals surface area contributed by atoms with E-state index < -0.39 is 183 Å². The number of carboxylic acid groups (broad SMARTS) is 2. The number of fused-ring (bicyclic) bond motifs is 2. The second-order valence-corrected chi connectivity index (χ2v) is 19.7. The van der Waals surface area contributed by atoms with E-state index in [4.69, 9.17) is 37.9 Å². The fourth-order valence-corrected chi connectivity index (χ4v) is 11.3. The molecule has 0 aromatic heterocycles. The number of benzene rings is 2. The van der Waals surface area contributed by atoms with Gasteiger partial charge in [-0.3, -0.25) is 9.59 Å². The van der Waals surface area contributed by atoms with Crippen molar-refractivity contribution in [3.8, 4) is 11.5 Å². The summed E-state index contributed by atoms with van der Waals surface area (Å²) in [5.74, 6) is -15.7. The first-order valence-electron chi connectivity index (χ1n) is 24.0. The predicted molar refractivity (Wildman–Crippen MR) is 244 cm³/mol. The van der Waals surface area contributed by atoms with Gasteiger partial charge in [0.15, 0.2) is 12.6 Å². The van der Waals surface area contributed by atoms with Crippen molar-refractivity contribution in [2.45, 2.75) is 97.0 Å². The molecule has 0 spiro atoms. The summed E-state index contributed by atoms with van der Waals surface area (Å²) in [5, 5.41) is 148. The van der Waals surface area contributed by atoms with Gasteiger partial charge in [-0.25, -0.2) is 9.59 Å². The fourth-order valence-electron chi connectivity index (χ4n) is 11.3. The number of aliphatic carboxylic acids is 2. The number of carbonyl (C=O) groups excluding carboxylic acids is 2. The summed E-state index contributed by atoms with van der Waals surface area (Å²) in [6, 6.07) is 10.8. The molecule has 3 fully saturated rings. The molecule has 14 N–H and O–H groups in total. The van der Waals surface area contributed by atoms with Crippen LogP contribution >= 0.6 is 0 Å². The number of aliphatic hydroxyl groups excluding tert-OH is 8. The first kappa shape index (κ1) is 54.7. The predicted octanol–water partition coefficient (Wildman–Crippen LogP) is -3.35. The van der Waals surface area contributed by atoms with Crippen molar-refractivity contribution >= 4 is 23.9 Å². The molecule has 4 heterocycles. The van der Waals surface area contributed by atoms with Crippen LogP contribution in [0.25, 0.3) is 0 Å². The lowest BCUT2D eigenvalue weighted by molar-refractivity contribution is -0.346. The zero-order valence-corrected chi connectivity index (χ0v) is 39.6. The van der Waals surface area contributed by atoms with E-state index in [1.165, 1.54) is 60.7 Å². The van der Waals surface area contributed by atoms with Crippen LogP contribution < -0.4 is 0 Å². The summed E-state index contributed by atoms with van der Waals surface area (Å²) >= 11 is 0. The molecule has 9 rings (SSSR count). The van der Waals surface area contributed by atoms with Gasteiger partial charge >= 0.3 is 23.9 Å². The van der Waals surface area contributed by atoms with E-state index in [1.807, 2.05) is 0 Å².